The van der Waals surface area contributed by atoms with E-state index in [2.05, 4.69) is 5.32 Å². The molecule has 31 heavy (non-hydrogen) atoms. The molecule has 2 aromatic carbocycles. The van der Waals surface area contributed by atoms with Crippen molar-refractivity contribution in [3.05, 3.63) is 64.9 Å². The number of ketones is 1. The van der Waals surface area contributed by atoms with Gasteiger partial charge in [-0.25, -0.2) is 0 Å². The van der Waals surface area contributed by atoms with Crippen LogP contribution in [0.2, 0.25) is 0 Å². The molecule has 0 spiro atoms. The molecular formula is C25H27NO5. The third-order valence-corrected chi connectivity index (χ3v) is 5.99. The fourth-order valence-corrected chi connectivity index (χ4v) is 4.58. The Morgan fingerprint density at radius 1 is 0.935 bits per heavy atom. The first kappa shape index (κ1) is 21.0. The molecule has 1 N–H and O–H groups in total. The molecule has 0 radical (unpaired) electrons. The molecule has 0 fully saturated rings. The Bertz CT molecular complexity index is 1040. The molecule has 2 aromatic rings. The molecule has 0 bridgehead atoms. The molecule has 1 aliphatic heterocycles. The van der Waals surface area contributed by atoms with E-state index in [1.165, 1.54) is 0 Å². The second kappa shape index (κ2) is 8.84. The van der Waals surface area contributed by atoms with Crippen LogP contribution >= 0.6 is 0 Å². The molecule has 0 aromatic heterocycles. The average Bonchev–Trinajstić information content (AvgIpc) is 2.78. The van der Waals surface area contributed by atoms with Crippen LogP contribution in [-0.2, 0) is 9.59 Å². The van der Waals surface area contributed by atoms with Gasteiger partial charge >= 0.3 is 0 Å². The van der Waals surface area contributed by atoms with E-state index in [0.717, 1.165) is 28.1 Å². The summed E-state index contributed by atoms with van der Waals surface area (Å²) in [5, 5.41) is 2.97. The molecular weight excluding hydrogens is 394 g/mol. The average molecular weight is 421 g/mol. The lowest BCUT2D eigenvalue weighted by Crippen LogP contribution is -2.38. The highest BCUT2D eigenvalue weighted by Gasteiger charge is 2.38. The van der Waals surface area contributed by atoms with Gasteiger partial charge in [0, 0.05) is 30.0 Å². The van der Waals surface area contributed by atoms with Crippen LogP contribution in [-0.4, -0.2) is 32.5 Å². The van der Waals surface area contributed by atoms with Crippen molar-refractivity contribution in [2.75, 3.05) is 20.8 Å². The Kier molecular flexibility index (Phi) is 5.98. The Morgan fingerprint density at radius 2 is 1.74 bits per heavy atom. The predicted molar refractivity (Wildman–Crippen MR) is 117 cm³/mol. The number of amides is 1. The van der Waals surface area contributed by atoms with Gasteiger partial charge in [-0.15, -0.1) is 0 Å². The largest absolute Gasteiger partial charge is 0.494 e. The normalized spacial score (nSPS) is 20.7. The van der Waals surface area contributed by atoms with E-state index in [1.807, 2.05) is 49.4 Å². The third-order valence-electron chi connectivity index (χ3n) is 5.99. The molecule has 162 valence electrons. The highest BCUT2D eigenvalue weighted by Crippen LogP contribution is 2.44. The second-order valence-corrected chi connectivity index (χ2v) is 7.85. The quantitative estimate of drug-likeness (QED) is 0.760. The van der Waals surface area contributed by atoms with Crippen LogP contribution < -0.4 is 19.5 Å². The van der Waals surface area contributed by atoms with Gasteiger partial charge < -0.3 is 19.5 Å². The van der Waals surface area contributed by atoms with Gasteiger partial charge in [-0.2, -0.15) is 0 Å². The van der Waals surface area contributed by atoms with E-state index in [9.17, 15) is 9.59 Å². The van der Waals surface area contributed by atoms with E-state index in [4.69, 9.17) is 14.2 Å². The lowest BCUT2D eigenvalue weighted by Gasteiger charge is -2.34. The number of benzene rings is 2. The summed E-state index contributed by atoms with van der Waals surface area (Å²) < 4.78 is 16.4. The van der Waals surface area contributed by atoms with Crippen LogP contribution in [0.3, 0.4) is 0 Å². The van der Waals surface area contributed by atoms with Crippen molar-refractivity contribution < 1.29 is 23.8 Å². The van der Waals surface area contributed by atoms with E-state index < -0.39 is 0 Å². The molecule has 0 saturated carbocycles. The number of carbonyl (C=O) groups is 2. The molecule has 0 unspecified atom stereocenters. The zero-order chi connectivity index (χ0) is 22.0. The van der Waals surface area contributed by atoms with Gasteiger partial charge in [0.2, 0.25) is 5.91 Å². The third kappa shape index (κ3) is 4.15. The minimum absolute atomic E-state index is 0.0279. The van der Waals surface area contributed by atoms with Gasteiger partial charge in [0.1, 0.15) is 5.75 Å². The van der Waals surface area contributed by atoms with Crippen LogP contribution in [0.4, 0.5) is 0 Å². The van der Waals surface area contributed by atoms with Crippen molar-refractivity contribution in [1.82, 2.24) is 5.32 Å². The summed E-state index contributed by atoms with van der Waals surface area (Å²) >= 11 is 0. The Hall–Kier alpha value is -3.28. The summed E-state index contributed by atoms with van der Waals surface area (Å²) in [6.07, 6.45) is 1.26. The summed E-state index contributed by atoms with van der Waals surface area (Å²) in [4.78, 5) is 25.8. The number of rotatable bonds is 6. The molecule has 0 saturated heterocycles. The van der Waals surface area contributed by atoms with Gasteiger partial charge in [0.05, 0.1) is 20.8 Å². The summed E-state index contributed by atoms with van der Waals surface area (Å²) in [5.41, 5.74) is 3.39. The molecule has 6 heteroatoms. The maximum Gasteiger partial charge on any atom is 0.225 e. The molecule has 2 atom stereocenters. The monoisotopic (exact) mass is 421 g/mol. The molecule has 2 aliphatic rings. The van der Waals surface area contributed by atoms with E-state index >= 15 is 0 Å². The second-order valence-electron chi connectivity index (χ2n) is 7.85. The number of allylic oxidation sites excluding steroid dienone is 2. The van der Waals surface area contributed by atoms with Crippen molar-refractivity contribution in [2.24, 2.45) is 0 Å². The van der Waals surface area contributed by atoms with Crippen molar-refractivity contribution in [3.63, 3.8) is 0 Å². The standard InChI is InChI=1S/C25H27NO5/c1-4-31-18-7-5-6-16(10-18)19-14-24(28)26-20-11-17(12-21(27)25(19)20)15-8-9-22(29-2)23(13-15)30-3/h5-10,13,17,19H,4,11-12,14H2,1-3H3,(H,26,28)/t17-,19+/m0/s1. The number of hydrogen-bond acceptors (Lipinski definition) is 5. The van der Waals surface area contributed by atoms with Crippen molar-refractivity contribution >= 4 is 11.7 Å². The van der Waals surface area contributed by atoms with Gasteiger partial charge in [0.25, 0.3) is 0 Å². The molecule has 4 rings (SSSR count). The minimum Gasteiger partial charge on any atom is -0.494 e. The predicted octanol–water partition coefficient (Wildman–Crippen LogP) is 4.11. The van der Waals surface area contributed by atoms with Crippen LogP contribution in [0.5, 0.6) is 17.2 Å². The zero-order valence-electron chi connectivity index (χ0n) is 18.1. The smallest absolute Gasteiger partial charge is 0.225 e. The molecule has 1 heterocycles. The Labute approximate surface area is 182 Å². The maximum absolute atomic E-state index is 13.3. The van der Waals surface area contributed by atoms with E-state index in [0.29, 0.717) is 30.9 Å². The molecule has 1 amide bonds. The first-order chi connectivity index (χ1) is 15.0. The first-order valence-electron chi connectivity index (χ1n) is 10.5. The highest BCUT2D eigenvalue weighted by molar-refractivity contribution is 6.02. The summed E-state index contributed by atoms with van der Waals surface area (Å²) in [6.45, 7) is 2.49. The van der Waals surface area contributed by atoms with Crippen LogP contribution in [0.15, 0.2) is 53.7 Å². The molecule has 1 aliphatic carbocycles. The minimum atomic E-state index is -0.247. The number of methoxy groups -OCH3 is 2. The van der Waals surface area contributed by atoms with Gasteiger partial charge in [0.15, 0.2) is 17.3 Å². The van der Waals surface area contributed by atoms with Gasteiger partial charge in [-0.1, -0.05) is 18.2 Å². The summed E-state index contributed by atoms with van der Waals surface area (Å²) in [5.74, 6) is 1.76. The fourth-order valence-electron chi connectivity index (χ4n) is 4.58. The van der Waals surface area contributed by atoms with Crippen LogP contribution in [0, 0.1) is 0 Å². The Morgan fingerprint density at radius 3 is 2.48 bits per heavy atom. The van der Waals surface area contributed by atoms with Crippen molar-refractivity contribution in [3.8, 4) is 17.2 Å². The lowest BCUT2D eigenvalue weighted by molar-refractivity contribution is -0.122. The summed E-state index contributed by atoms with van der Waals surface area (Å²) in [6, 6.07) is 13.4. The zero-order valence-corrected chi connectivity index (χ0v) is 18.1. The first-order valence-corrected chi connectivity index (χ1v) is 10.5. The highest BCUT2D eigenvalue weighted by atomic mass is 16.5. The number of carbonyl (C=O) groups excluding carboxylic acids is 2. The fraction of sp³-hybridized carbons (Fsp3) is 0.360. The topological polar surface area (TPSA) is 73.9 Å². The van der Waals surface area contributed by atoms with Gasteiger partial charge in [-0.05, 0) is 54.7 Å². The van der Waals surface area contributed by atoms with E-state index in [1.54, 1.807) is 14.2 Å². The number of Topliss-reactive ketones (excluding diaryl/α,β-unsaturated/α-hetero) is 1. The van der Waals surface area contributed by atoms with Crippen molar-refractivity contribution in [1.29, 1.82) is 0 Å². The Balaban J connectivity index is 1.67. The van der Waals surface area contributed by atoms with Gasteiger partial charge in [-0.3, -0.25) is 9.59 Å². The number of hydrogen-bond donors (Lipinski definition) is 1. The lowest BCUT2D eigenvalue weighted by atomic mass is 9.73. The maximum atomic E-state index is 13.3. The number of nitrogens with one attached hydrogen (secondary N) is 1. The SMILES string of the molecule is CCOc1cccc([C@H]2CC(=O)NC3=C2C(=O)C[C@@H](c2ccc(OC)c(OC)c2)C3)c1. The summed E-state index contributed by atoms with van der Waals surface area (Å²) in [7, 11) is 3.19. The van der Waals surface area contributed by atoms with Crippen LogP contribution in [0.1, 0.15) is 49.1 Å². The molecule has 6 nitrogen and oxygen atoms in total. The van der Waals surface area contributed by atoms with Crippen LogP contribution in [0.25, 0.3) is 0 Å². The van der Waals surface area contributed by atoms with E-state index in [-0.39, 0.29) is 29.9 Å². The van der Waals surface area contributed by atoms with Crippen molar-refractivity contribution in [2.45, 2.75) is 38.0 Å². The number of ether oxygens (including phenoxy) is 3.